The first kappa shape index (κ1) is 22.9. The molecule has 0 saturated carbocycles. The van der Waals surface area contributed by atoms with E-state index in [0.717, 1.165) is 10.5 Å². The van der Waals surface area contributed by atoms with E-state index in [2.05, 4.69) is 16.0 Å². The Morgan fingerprint density at radius 3 is 2.36 bits per heavy atom. The number of fused-ring (bicyclic) bond motifs is 1. The molecule has 10 nitrogen and oxygen atoms in total. The van der Waals surface area contributed by atoms with E-state index in [0.29, 0.717) is 22.7 Å². The standard InChI is InChI=1S/C26H22N4O6/c31-22(28-24(33)27-19-11-12-20-21(13-19)36-16-35-20)15-30-23(32)26(29-25(30)34,18-9-5-2-6-10-18)14-17-7-3-1-4-8-17/h1-13H,14-16H2,(H,29,34)(H2,27,28,31,33)/t26-/m1/s1. The van der Waals surface area contributed by atoms with E-state index >= 15 is 0 Å². The lowest BCUT2D eigenvalue weighted by molar-refractivity contribution is -0.135. The zero-order valence-corrected chi connectivity index (χ0v) is 19.0. The fourth-order valence-electron chi connectivity index (χ4n) is 4.26. The summed E-state index contributed by atoms with van der Waals surface area (Å²) >= 11 is 0. The lowest BCUT2D eigenvalue weighted by Gasteiger charge is -2.27. The third-order valence-electron chi connectivity index (χ3n) is 5.94. The van der Waals surface area contributed by atoms with Crippen LogP contribution in [0.15, 0.2) is 78.9 Å². The number of anilines is 1. The molecule has 182 valence electrons. The van der Waals surface area contributed by atoms with E-state index in [4.69, 9.17) is 9.47 Å². The molecule has 1 atom stereocenters. The maximum absolute atomic E-state index is 13.6. The molecule has 3 aromatic rings. The van der Waals surface area contributed by atoms with Crippen LogP contribution in [0.1, 0.15) is 11.1 Å². The largest absolute Gasteiger partial charge is 0.454 e. The van der Waals surface area contributed by atoms with Gasteiger partial charge in [-0.2, -0.15) is 0 Å². The lowest BCUT2D eigenvalue weighted by Crippen LogP contribution is -2.47. The van der Waals surface area contributed by atoms with Crippen molar-refractivity contribution in [3.05, 3.63) is 90.0 Å². The lowest BCUT2D eigenvalue weighted by atomic mass is 9.83. The zero-order valence-electron chi connectivity index (χ0n) is 19.0. The Hall–Kier alpha value is -4.86. The minimum atomic E-state index is -1.38. The molecule has 0 unspecified atom stereocenters. The van der Waals surface area contributed by atoms with E-state index in [1.807, 2.05) is 36.4 Å². The maximum Gasteiger partial charge on any atom is 0.325 e. The van der Waals surface area contributed by atoms with Gasteiger partial charge in [0.25, 0.3) is 5.91 Å². The second-order valence-electron chi connectivity index (χ2n) is 8.33. The highest BCUT2D eigenvalue weighted by Gasteiger charge is 2.52. The summed E-state index contributed by atoms with van der Waals surface area (Å²) in [6.45, 7) is -0.535. The highest BCUT2D eigenvalue weighted by atomic mass is 16.7. The molecular weight excluding hydrogens is 464 g/mol. The molecule has 2 heterocycles. The van der Waals surface area contributed by atoms with Crippen LogP contribution in [0, 0.1) is 0 Å². The molecular formula is C26H22N4O6. The Labute approximate surface area is 206 Å². The zero-order chi connectivity index (χ0) is 25.1. The number of amides is 6. The predicted molar refractivity (Wildman–Crippen MR) is 128 cm³/mol. The number of benzene rings is 3. The Balaban J connectivity index is 1.29. The molecule has 0 radical (unpaired) electrons. The van der Waals surface area contributed by atoms with Gasteiger partial charge in [0.1, 0.15) is 6.54 Å². The van der Waals surface area contributed by atoms with Crippen LogP contribution in [-0.2, 0) is 21.5 Å². The van der Waals surface area contributed by atoms with Gasteiger partial charge in [-0.3, -0.25) is 19.8 Å². The molecule has 3 aromatic carbocycles. The van der Waals surface area contributed by atoms with Crippen molar-refractivity contribution in [1.29, 1.82) is 0 Å². The van der Waals surface area contributed by atoms with Gasteiger partial charge in [-0.25, -0.2) is 9.59 Å². The first-order chi connectivity index (χ1) is 17.4. The summed E-state index contributed by atoms with van der Waals surface area (Å²) in [6, 6.07) is 21.4. The molecule has 0 aliphatic carbocycles. The number of urea groups is 2. The maximum atomic E-state index is 13.6. The van der Waals surface area contributed by atoms with Gasteiger partial charge in [0, 0.05) is 18.2 Å². The van der Waals surface area contributed by atoms with Gasteiger partial charge in [-0.05, 0) is 23.3 Å². The van der Waals surface area contributed by atoms with Gasteiger partial charge in [0.15, 0.2) is 17.0 Å². The summed E-state index contributed by atoms with van der Waals surface area (Å²) < 4.78 is 10.5. The van der Waals surface area contributed by atoms with E-state index in [1.165, 1.54) is 0 Å². The van der Waals surface area contributed by atoms with Crippen molar-refractivity contribution in [1.82, 2.24) is 15.5 Å². The fourth-order valence-corrected chi connectivity index (χ4v) is 4.26. The van der Waals surface area contributed by atoms with Gasteiger partial charge in [0.05, 0.1) is 0 Å². The van der Waals surface area contributed by atoms with Crippen LogP contribution in [-0.4, -0.2) is 42.1 Å². The molecule has 1 saturated heterocycles. The van der Waals surface area contributed by atoms with Crippen LogP contribution >= 0.6 is 0 Å². The number of ether oxygens (including phenoxy) is 2. The Bertz CT molecular complexity index is 1330. The van der Waals surface area contributed by atoms with Gasteiger partial charge < -0.3 is 20.1 Å². The Kier molecular flexibility index (Phi) is 5.99. The molecule has 2 aliphatic rings. The van der Waals surface area contributed by atoms with Crippen molar-refractivity contribution < 1.29 is 28.7 Å². The fraction of sp³-hybridized carbons (Fsp3) is 0.154. The highest BCUT2D eigenvalue weighted by molar-refractivity contribution is 6.11. The molecule has 10 heteroatoms. The first-order valence-electron chi connectivity index (χ1n) is 11.2. The molecule has 6 amide bonds. The second-order valence-corrected chi connectivity index (χ2v) is 8.33. The van der Waals surface area contributed by atoms with Crippen LogP contribution in [0.4, 0.5) is 15.3 Å². The monoisotopic (exact) mass is 486 g/mol. The van der Waals surface area contributed by atoms with E-state index in [1.54, 1.807) is 42.5 Å². The summed E-state index contributed by atoms with van der Waals surface area (Å²) in [7, 11) is 0. The topological polar surface area (TPSA) is 126 Å². The van der Waals surface area contributed by atoms with E-state index < -0.39 is 36.0 Å². The van der Waals surface area contributed by atoms with Gasteiger partial charge in [-0.15, -0.1) is 0 Å². The average Bonchev–Trinajstić information content (AvgIpc) is 3.43. The van der Waals surface area contributed by atoms with Crippen molar-refractivity contribution in [3.8, 4) is 11.5 Å². The molecule has 3 N–H and O–H groups in total. The number of carbonyl (C=O) groups excluding carboxylic acids is 4. The van der Waals surface area contributed by atoms with E-state index in [9.17, 15) is 19.2 Å². The molecule has 2 aliphatic heterocycles. The SMILES string of the molecule is O=C(CN1C(=O)N[C@](Cc2ccccc2)(c2ccccc2)C1=O)NC(=O)Nc1ccc2c(c1)OCO2. The molecule has 1 fully saturated rings. The number of nitrogens with zero attached hydrogens (tertiary/aromatic N) is 1. The number of imide groups is 2. The molecule has 0 spiro atoms. The summed E-state index contributed by atoms with van der Waals surface area (Å²) in [4.78, 5) is 52.2. The average molecular weight is 486 g/mol. The van der Waals surface area contributed by atoms with Gasteiger partial charge >= 0.3 is 12.1 Å². The number of carbonyl (C=O) groups is 4. The van der Waals surface area contributed by atoms with Crippen molar-refractivity contribution in [3.63, 3.8) is 0 Å². The van der Waals surface area contributed by atoms with Gasteiger partial charge in [0.2, 0.25) is 12.7 Å². The van der Waals surface area contributed by atoms with Crippen LogP contribution in [0.3, 0.4) is 0 Å². The number of nitrogens with one attached hydrogen (secondary N) is 3. The third kappa shape index (κ3) is 4.43. The quantitative estimate of drug-likeness (QED) is 0.460. The Morgan fingerprint density at radius 2 is 1.61 bits per heavy atom. The minimum absolute atomic E-state index is 0.0874. The van der Waals surface area contributed by atoms with Crippen molar-refractivity contribution >= 4 is 29.6 Å². The van der Waals surface area contributed by atoms with Crippen LogP contribution < -0.4 is 25.4 Å². The number of rotatable bonds is 6. The number of hydrogen-bond donors (Lipinski definition) is 3. The molecule has 0 bridgehead atoms. The predicted octanol–water partition coefficient (Wildman–Crippen LogP) is 2.75. The summed E-state index contributed by atoms with van der Waals surface area (Å²) in [5.74, 6) is -0.378. The summed E-state index contributed by atoms with van der Waals surface area (Å²) in [5, 5.41) is 7.45. The second kappa shape index (κ2) is 9.41. The minimum Gasteiger partial charge on any atom is -0.454 e. The van der Waals surface area contributed by atoms with Crippen LogP contribution in [0.5, 0.6) is 11.5 Å². The summed E-state index contributed by atoms with van der Waals surface area (Å²) in [5.41, 5.74) is 0.430. The molecule has 36 heavy (non-hydrogen) atoms. The van der Waals surface area contributed by atoms with Crippen molar-refractivity contribution in [2.45, 2.75) is 12.0 Å². The van der Waals surface area contributed by atoms with Crippen LogP contribution in [0.25, 0.3) is 0 Å². The number of hydrogen-bond acceptors (Lipinski definition) is 6. The van der Waals surface area contributed by atoms with Crippen molar-refractivity contribution in [2.24, 2.45) is 0 Å². The summed E-state index contributed by atoms with van der Waals surface area (Å²) in [6.07, 6.45) is 0.200. The highest BCUT2D eigenvalue weighted by Crippen LogP contribution is 2.34. The smallest absolute Gasteiger partial charge is 0.325 e. The first-order valence-corrected chi connectivity index (χ1v) is 11.2. The third-order valence-corrected chi connectivity index (χ3v) is 5.94. The van der Waals surface area contributed by atoms with Gasteiger partial charge in [-0.1, -0.05) is 60.7 Å². The normalized spacial score (nSPS) is 18.1. The molecule has 5 rings (SSSR count). The van der Waals surface area contributed by atoms with Crippen molar-refractivity contribution in [2.75, 3.05) is 18.7 Å². The Morgan fingerprint density at radius 1 is 0.917 bits per heavy atom. The molecule has 0 aromatic heterocycles. The van der Waals surface area contributed by atoms with Crippen LogP contribution in [0.2, 0.25) is 0 Å². The van der Waals surface area contributed by atoms with E-state index in [-0.39, 0.29) is 13.2 Å².